The van der Waals surface area contributed by atoms with Gasteiger partial charge in [0.15, 0.2) is 17.3 Å². The van der Waals surface area contributed by atoms with Crippen LogP contribution in [0.3, 0.4) is 0 Å². The molecule has 1 saturated heterocycles. The molecule has 0 bridgehead atoms. The first-order chi connectivity index (χ1) is 16.0. The van der Waals surface area contributed by atoms with Crippen LogP contribution in [-0.4, -0.2) is 67.3 Å². The fourth-order valence-electron chi connectivity index (χ4n) is 3.91. The molecule has 0 saturated carbocycles. The van der Waals surface area contributed by atoms with Crippen molar-refractivity contribution in [1.82, 2.24) is 29.3 Å². The minimum absolute atomic E-state index is 0.0710. The third kappa shape index (κ3) is 4.12. The van der Waals surface area contributed by atoms with Crippen LogP contribution in [0.4, 0.5) is 4.39 Å². The highest BCUT2D eigenvalue weighted by molar-refractivity contribution is 6.07. The molecule has 1 aliphatic heterocycles. The minimum atomic E-state index is -0.365. The molecule has 0 aliphatic carbocycles. The minimum Gasteiger partial charge on any atom is -0.378 e. The summed E-state index contributed by atoms with van der Waals surface area (Å²) >= 11 is 0. The summed E-state index contributed by atoms with van der Waals surface area (Å²) in [5.41, 5.74) is 2.39. The van der Waals surface area contributed by atoms with Gasteiger partial charge in [-0.05, 0) is 29.8 Å². The Morgan fingerprint density at radius 2 is 1.97 bits per heavy atom. The van der Waals surface area contributed by atoms with Crippen LogP contribution >= 0.6 is 0 Å². The zero-order valence-corrected chi connectivity index (χ0v) is 17.9. The standard InChI is InChI=1S/C23H21FN6O3/c1-28-21(18(14-25-28)23(32)29-7-9-33-10-8-29)19(31)11-15-5-6-30-20(12-15)26-22(27-30)16-3-2-4-17(24)13-16/h2-6,12-14H,7-11H2,1H3. The number of amides is 1. The first-order valence-corrected chi connectivity index (χ1v) is 10.5. The molecule has 1 aromatic carbocycles. The van der Waals surface area contributed by atoms with Gasteiger partial charge in [0, 0.05) is 38.3 Å². The molecular weight excluding hydrogens is 427 g/mol. The molecule has 0 radical (unpaired) electrons. The normalized spacial score (nSPS) is 14.1. The van der Waals surface area contributed by atoms with Gasteiger partial charge < -0.3 is 9.64 Å². The highest BCUT2D eigenvalue weighted by Crippen LogP contribution is 2.19. The number of aryl methyl sites for hydroxylation is 1. The fraction of sp³-hybridized carbons (Fsp3) is 0.261. The number of nitrogens with zero attached hydrogens (tertiary/aromatic N) is 6. The number of fused-ring (bicyclic) bond motifs is 1. The van der Waals surface area contributed by atoms with Crippen LogP contribution in [0.25, 0.3) is 17.0 Å². The summed E-state index contributed by atoms with van der Waals surface area (Å²) in [4.78, 5) is 32.2. The van der Waals surface area contributed by atoms with Crippen molar-refractivity contribution in [3.63, 3.8) is 0 Å². The van der Waals surface area contributed by atoms with E-state index in [2.05, 4.69) is 15.2 Å². The van der Waals surface area contributed by atoms with E-state index in [1.54, 1.807) is 46.9 Å². The van der Waals surface area contributed by atoms with E-state index in [-0.39, 0.29) is 29.6 Å². The summed E-state index contributed by atoms with van der Waals surface area (Å²) in [6, 6.07) is 9.60. The maximum Gasteiger partial charge on any atom is 0.257 e. The zero-order chi connectivity index (χ0) is 22.9. The summed E-state index contributed by atoms with van der Waals surface area (Å²) in [5.74, 6) is -0.414. The lowest BCUT2D eigenvalue weighted by Gasteiger charge is -2.26. The number of hydrogen-bond donors (Lipinski definition) is 0. The monoisotopic (exact) mass is 448 g/mol. The lowest BCUT2D eigenvalue weighted by molar-refractivity contribution is 0.0301. The second-order valence-electron chi connectivity index (χ2n) is 7.82. The molecule has 0 atom stereocenters. The van der Waals surface area contributed by atoms with Gasteiger partial charge in [-0.2, -0.15) is 5.10 Å². The average molecular weight is 448 g/mol. The molecule has 4 aromatic rings. The number of Topliss-reactive ketones (excluding diaryl/α,β-unsaturated/α-hetero) is 1. The second-order valence-corrected chi connectivity index (χ2v) is 7.82. The lowest BCUT2D eigenvalue weighted by atomic mass is 10.0. The molecule has 0 unspecified atom stereocenters. The van der Waals surface area contributed by atoms with Crippen molar-refractivity contribution in [2.75, 3.05) is 26.3 Å². The number of benzene rings is 1. The molecule has 4 heterocycles. The van der Waals surface area contributed by atoms with Crippen molar-refractivity contribution in [1.29, 1.82) is 0 Å². The molecule has 1 amide bonds. The third-order valence-electron chi connectivity index (χ3n) is 5.58. The Hall–Kier alpha value is -3.92. The van der Waals surface area contributed by atoms with E-state index < -0.39 is 0 Å². The molecule has 3 aromatic heterocycles. The summed E-state index contributed by atoms with van der Waals surface area (Å²) in [6.07, 6.45) is 3.22. The topological polar surface area (TPSA) is 94.6 Å². The maximum atomic E-state index is 13.6. The molecule has 0 spiro atoms. The van der Waals surface area contributed by atoms with Gasteiger partial charge in [0.25, 0.3) is 5.91 Å². The first-order valence-electron chi connectivity index (χ1n) is 10.5. The van der Waals surface area contributed by atoms with Gasteiger partial charge in [0.05, 0.1) is 25.0 Å². The zero-order valence-electron chi connectivity index (χ0n) is 17.9. The van der Waals surface area contributed by atoms with Crippen LogP contribution in [-0.2, 0) is 18.2 Å². The molecule has 9 nitrogen and oxygen atoms in total. The number of pyridine rings is 1. The molecule has 5 rings (SSSR count). The Bertz CT molecular complexity index is 1360. The predicted octanol–water partition coefficient (Wildman–Crippen LogP) is 2.17. The third-order valence-corrected chi connectivity index (χ3v) is 5.58. The number of halogens is 1. The number of rotatable bonds is 5. The number of ketones is 1. The van der Waals surface area contributed by atoms with Gasteiger partial charge in [-0.15, -0.1) is 5.10 Å². The summed E-state index contributed by atoms with van der Waals surface area (Å²) in [6.45, 7) is 1.92. The highest BCUT2D eigenvalue weighted by atomic mass is 19.1. The molecular formula is C23H21FN6O3. The van der Waals surface area contributed by atoms with Crippen LogP contribution in [0.2, 0.25) is 0 Å². The van der Waals surface area contributed by atoms with E-state index in [9.17, 15) is 14.0 Å². The fourth-order valence-corrected chi connectivity index (χ4v) is 3.91. The van der Waals surface area contributed by atoms with Crippen molar-refractivity contribution in [2.45, 2.75) is 6.42 Å². The summed E-state index contributed by atoms with van der Waals surface area (Å²) in [5, 5.41) is 8.53. The number of ether oxygens (including phenoxy) is 1. The average Bonchev–Trinajstić information content (AvgIpc) is 3.42. The predicted molar refractivity (Wildman–Crippen MR) is 116 cm³/mol. The van der Waals surface area contributed by atoms with E-state index in [0.29, 0.717) is 48.9 Å². The highest BCUT2D eigenvalue weighted by Gasteiger charge is 2.27. The second kappa shape index (κ2) is 8.55. The van der Waals surface area contributed by atoms with Crippen LogP contribution < -0.4 is 0 Å². The van der Waals surface area contributed by atoms with Crippen LogP contribution in [0.15, 0.2) is 48.8 Å². The van der Waals surface area contributed by atoms with E-state index in [1.165, 1.54) is 23.0 Å². The van der Waals surface area contributed by atoms with E-state index in [0.717, 1.165) is 5.56 Å². The first kappa shape index (κ1) is 21.0. The Balaban J connectivity index is 1.39. The largest absolute Gasteiger partial charge is 0.378 e. The quantitative estimate of drug-likeness (QED) is 0.435. The van der Waals surface area contributed by atoms with E-state index in [4.69, 9.17) is 4.74 Å². The summed E-state index contributed by atoms with van der Waals surface area (Å²) in [7, 11) is 1.65. The van der Waals surface area contributed by atoms with Gasteiger partial charge in [0.2, 0.25) is 0 Å². The Morgan fingerprint density at radius 3 is 2.76 bits per heavy atom. The van der Waals surface area contributed by atoms with Gasteiger partial charge >= 0.3 is 0 Å². The van der Waals surface area contributed by atoms with Gasteiger partial charge in [-0.25, -0.2) is 13.9 Å². The maximum absolute atomic E-state index is 13.6. The van der Waals surface area contributed by atoms with Crippen LogP contribution in [0.1, 0.15) is 26.4 Å². The smallest absolute Gasteiger partial charge is 0.257 e. The molecule has 33 heavy (non-hydrogen) atoms. The number of carbonyl (C=O) groups excluding carboxylic acids is 2. The molecule has 168 valence electrons. The Kier molecular flexibility index (Phi) is 5.43. The van der Waals surface area contributed by atoms with E-state index >= 15 is 0 Å². The Morgan fingerprint density at radius 1 is 1.15 bits per heavy atom. The number of morpholine rings is 1. The van der Waals surface area contributed by atoms with Gasteiger partial charge in [-0.1, -0.05) is 12.1 Å². The van der Waals surface area contributed by atoms with E-state index in [1.807, 2.05) is 0 Å². The molecule has 1 aliphatic rings. The number of carbonyl (C=O) groups is 2. The van der Waals surface area contributed by atoms with Gasteiger partial charge in [0.1, 0.15) is 11.5 Å². The van der Waals surface area contributed by atoms with Crippen molar-refractivity contribution in [3.8, 4) is 11.4 Å². The van der Waals surface area contributed by atoms with Crippen LogP contribution in [0.5, 0.6) is 0 Å². The number of aromatic nitrogens is 5. The lowest BCUT2D eigenvalue weighted by Crippen LogP contribution is -2.41. The molecule has 10 heteroatoms. The van der Waals surface area contributed by atoms with Crippen molar-refractivity contribution in [3.05, 3.63) is 71.4 Å². The van der Waals surface area contributed by atoms with Crippen molar-refractivity contribution < 1.29 is 18.7 Å². The molecule has 0 N–H and O–H groups in total. The van der Waals surface area contributed by atoms with Crippen molar-refractivity contribution in [2.24, 2.45) is 7.05 Å². The Labute approximate surface area is 188 Å². The van der Waals surface area contributed by atoms with Crippen molar-refractivity contribution >= 4 is 17.3 Å². The van der Waals surface area contributed by atoms with Gasteiger partial charge in [-0.3, -0.25) is 14.3 Å². The SMILES string of the molecule is Cn1ncc(C(=O)N2CCOCC2)c1C(=O)Cc1ccn2nc(-c3cccc(F)c3)nc2c1. The van der Waals surface area contributed by atoms with Crippen LogP contribution in [0, 0.1) is 5.82 Å². The molecule has 1 fully saturated rings. The summed E-state index contributed by atoms with van der Waals surface area (Å²) < 4.78 is 21.9. The number of hydrogen-bond acceptors (Lipinski definition) is 6.